The van der Waals surface area contributed by atoms with Crippen LogP contribution in [0.2, 0.25) is 0 Å². The number of hydrogen-bond acceptors (Lipinski definition) is 4. The maximum absolute atomic E-state index is 13.1. The summed E-state index contributed by atoms with van der Waals surface area (Å²) in [4.78, 5) is 17.1. The van der Waals surface area contributed by atoms with Crippen molar-refractivity contribution in [1.82, 2.24) is 9.80 Å². The molecule has 30 heavy (non-hydrogen) atoms. The van der Waals surface area contributed by atoms with Crippen LogP contribution in [0, 0.1) is 0 Å². The van der Waals surface area contributed by atoms with Crippen LogP contribution < -0.4 is 4.31 Å². The summed E-state index contributed by atoms with van der Waals surface area (Å²) in [6.45, 7) is 5.20. The summed E-state index contributed by atoms with van der Waals surface area (Å²) in [7, 11) is -3.58. The first-order valence-corrected chi connectivity index (χ1v) is 12.0. The molecule has 0 N–H and O–H groups in total. The molecule has 1 aliphatic rings. The molecule has 1 unspecified atom stereocenters. The molecular formula is C23H29N3O3S. The van der Waals surface area contributed by atoms with E-state index in [4.69, 9.17) is 0 Å². The van der Waals surface area contributed by atoms with Crippen molar-refractivity contribution >= 4 is 27.7 Å². The van der Waals surface area contributed by atoms with Crippen molar-refractivity contribution in [1.29, 1.82) is 0 Å². The highest BCUT2D eigenvalue weighted by atomic mass is 32.2. The number of amides is 1. The lowest BCUT2D eigenvalue weighted by Crippen LogP contribution is -2.55. The summed E-state index contributed by atoms with van der Waals surface area (Å²) >= 11 is 0. The summed E-state index contributed by atoms with van der Waals surface area (Å²) in [6.07, 6.45) is 5.38. The third-order valence-electron chi connectivity index (χ3n) is 5.23. The van der Waals surface area contributed by atoms with E-state index in [2.05, 4.69) is 29.2 Å². The third-order valence-corrected chi connectivity index (χ3v) is 6.48. The predicted molar refractivity (Wildman–Crippen MR) is 122 cm³/mol. The number of anilines is 1. The molecule has 0 saturated carbocycles. The Hall–Kier alpha value is -2.64. The van der Waals surface area contributed by atoms with Gasteiger partial charge in [0, 0.05) is 32.7 Å². The normalized spacial score (nSPS) is 16.5. The Kier molecular flexibility index (Phi) is 7.29. The van der Waals surface area contributed by atoms with Crippen LogP contribution in [0.4, 0.5) is 5.69 Å². The van der Waals surface area contributed by atoms with Gasteiger partial charge >= 0.3 is 0 Å². The second kappa shape index (κ2) is 9.91. The molecule has 1 atom stereocenters. The molecule has 1 amide bonds. The molecule has 1 fully saturated rings. The van der Waals surface area contributed by atoms with Crippen LogP contribution in [0.1, 0.15) is 12.5 Å². The van der Waals surface area contributed by atoms with Gasteiger partial charge in [-0.15, -0.1) is 0 Å². The van der Waals surface area contributed by atoms with Gasteiger partial charge in [-0.05, 0) is 24.6 Å². The fraction of sp³-hybridized carbons (Fsp3) is 0.348. The van der Waals surface area contributed by atoms with Gasteiger partial charge in [-0.3, -0.25) is 14.0 Å². The Balaban J connectivity index is 1.58. The number of sulfonamides is 1. The van der Waals surface area contributed by atoms with Crippen molar-refractivity contribution in [3.8, 4) is 0 Å². The molecule has 3 rings (SSSR count). The maximum Gasteiger partial charge on any atom is 0.246 e. The van der Waals surface area contributed by atoms with E-state index in [-0.39, 0.29) is 5.91 Å². The SMILES string of the molecule is CC(C(=O)N1CCN(CC=Cc2ccccc2)CC1)N(c1ccccc1)S(C)(=O)=O. The molecule has 160 valence electrons. The Bertz CT molecular complexity index is 954. The van der Waals surface area contributed by atoms with E-state index in [0.29, 0.717) is 18.8 Å². The Labute approximate surface area is 179 Å². The Morgan fingerprint density at radius 3 is 2.13 bits per heavy atom. The largest absolute Gasteiger partial charge is 0.338 e. The summed E-state index contributed by atoms with van der Waals surface area (Å²) in [5.74, 6) is -0.163. The van der Waals surface area contributed by atoms with Crippen molar-refractivity contribution < 1.29 is 13.2 Å². The lowest BCUT2D eigenvalue weighted by atomic mass is 10.2. The van der Waals surface area contributed by atoms with Gasteiger partial charge in [0.1, 0.15) is 6.04 Å². The molecule has 0 aliphatic carbocycles. The molecule has 6 nitrogen and oxygen atoms in total. The van der Waals surface area contributed by atoms with E-state index in [9.17, 15) is 13.2 Å². The highest BCUT2D eigenvalue weighted by Crippen LogP contribution is 2.21. The molecule has 2 aromatic rings. The van der Waals surface area contributed by atoms with E-state index in [1.165, 1.54) is 9.87 Å². The molecular weight excluding hydrogens is 398 g/mol. The molecule has 0 aromatic heterocycles. The van der Waals surface area contributed by atoms with Crippen molar-refractivity contribution in [3.05, 3.63) is 72.3 Å². The number of carbonyl (C=O) groups excluding carboxylic acids is 1. The van der Waals surface area contributed by atoms with Gasteiger partial charge in [-0.2, -0.15) is 0 Å². The highest BCUT2D eigenvalue weighted by Gasteiger charge is 2.33. The van der Waals surface area contributed by atoms with Crippen LogP contribution in [0.15, 0.2) is 66.7 Å². The molecule has 0 radical (unpaired) electrons. The second-order valence-electron chi connectivity index (χ2n) is 7.51. The molecule has 7 heteroatoms. The number of nitrogens with zero attached hydrogens (tertiary/aromatic N) is 3. The minimum Gasteiger partial charge on any atom is -0.338 e. The first-order chi connectivity index (χ1) is 14.4. The lowest BCUT2D eigenvalue weighted by molar-refractivity contribution is -0.133. The fourth-order valence-corrected chi connectivity index (χ4v) is 4.86. The monoisotopic (exact) mass is 427 g/mol. The van der Waals surface area contributed by atoms with Crippen LogP contribution in [0.5, 0.6) is 0 Å². The zero-order chi connectivity index (χ0) is 21.6. The van der Waals surface area contributed by atoms with Gasteiger partial charge in [0.05, 0.1) is 11.9 Å². The standard InChI is InChI=1S/C23H29N3O3S/c1-20(26(30(2,28)29)22-13-7-4-8-14-22)23(27)25-18-16-24(17-19-25)15-9-12-21-10-5-3-6-11-21/h3-14,20H,15-19H2,1-2H3. The van der Waals surface area contributed by atoms with E-state index in [1.54, 1.807) is 36.1 Å². The van der Waals surface area contributed by atoms with E-state index in [0.717, 1.165) is 25.9 Å². The fourth-order valence-electron chi connectivity index (χ4n) is 3.69. The van der Waals surface area contributed by atoms with Crippen molar-refractivity contribution in [2.45, 2.75) is 13.0 Å². The zero-order valence-corrected chi connectivity index (χ0v) is 18.3. The predicted octanol–water partition coefficient (Wildman–Crippen LogP) is 2.70. The number of hydrogen-bond donors (Lipinski definition) is 0. The van der Waals surface area contributed by atoms with Gasteiger partial charge in [-0.25, -0.2) is 8.42 Å². The Morgan fingerprint density at radius 1 is 1.00 bits per heavy atom. The minimum atomic E-state index is -3.58. The van der Waals surface area contributed by atoms with Crippen LogP contribution in [0.25, 0.3) is 6.08 Å². The average molecular weight is 428 g/mol. The molecule has 1 heterocycles. The molecule has 0 spiro atoms. The summed E-state index contributed by atoms with van der Waals surface area (Å²) in [5.41, 5.74) is 1.67. The lowest BCUT2D eigenvalue weighted by Gasteiger charge is -2.37. The van der Waals surface area contributed by atoms with Crippen LogP contribution in [0.3, 0.4) is 0 Å². The van der Waals surface area contributed by atoms with Crippen LogP contribution in [-0.2, 0) is 14.8 Å². The number of carbonyl (C=O) groups is 1. The molecule has 1 saturated heterocycles. The quantitative estimate of drug-likeness (QED) is 0.682. The van der Waals surface area contributed by atoms with Crippen molar-refractivity contribution in [2.24, 2.45) is 0 Å². The smallest absolute Gasteiger partial charge is 0.246 e. The number of rotatable bonds is 7. The van der Waals surface area contributed by atoms with Crippen LogP contribution in [-0.4, -0.2) is 69.1 Å². The van der Waals surface area contributed by atoms with E-state index in [1.807, 2.05) is 24.3 Å². The first kappa shape index (κ1) is 22.1. The first-order valence-electron chi connectivity index (χ1n) is 10.1. The topological polar surface area (TPSA) is 60.9 Å². The number of piperazine rings is 1. The number of para-hydroxylation sites is 1. The van der Waals surface area contributed by atoms with Gasteiger partial charge in [0.25, 0.3) is 0 Å². The molecule has 2 aromatic carbocycles. The minimum absolute atomic E-state index is 0.163. The Morgan fingerprint density at radius 2 is 1.57 bits per heavy atom. The summed E-state index contributed by atoms with van der Waals surface area (Å²) < 4.78 is 26.0. The summed E-state index contributed by atoms with van der Waals surface area (Å²) in [6, 6.07) is 18.2. The number of benzene rings is 2. The van der Waals surface area contributed by atoms with Gasteiger partial charge < -0.3 is 4.90 Å². The molecule has 0 bridgehead atoms. The summed E-state index contributed by atoms with van der Waals surface area (Å²) in [5, 5.41) is 0. The van der Waals surface area contributed by atoms with Crippen molar-refractivity contribution in [2.75, 3.05) is 43.3 Å². The maximum atomic E-state index is 13.1. The zero-order valence-electron chi connectivity index (χ0n) is 17.5. The van der Waals surface area contributed by atoms with Gasteiger partial charge in [0.2, 0.25) is 15.9 Å². The van der Waals surface area contributed by atoms with Gasteiger partial charge in [-0.1, -0.05) is 60.7 Å². The van der Waals surface area contributed by atoms with E-state index < -0.39 is 16.1 Å². The van der Waals surface area contributed by atoms with Crippen molar-refractivity contribution in [3.63, 3.8) is 0 Å². The molecule has 1 aliphatic heterocycles. The van der Waals surface area contributed by atoms with E-state index >= 15 is 0 Å². The van der Waals surface area contributed by atoms with Crippen LogP contribution >= 0.6 is 0 Å². The third kappa shape index (κ3) is 5.70. The highest BCUT2D eigenvalue weighted by molar-refractivity contribution is 7.92. The average Bonchev–Trinajstić information content (AvgIpc) is 2.74. The second-order valence-corrected chi connectivity index (χ2v) is 9.37. The van der Waals surface area contributed by atoms with Gasteiger partial charge in [0.15, 0.2) is 0 Å².